The normalized spacial score (nSPS) is 10.6. The average Bonchev–Trinajstić information content (AvgIpc) is 2.49. The SMILES string of the molecule is CC(C)OC(=O)c1cc([N+](=O)[O-])ccc1Sc1ccc(Cl)cc1. The molecule has 7 heteroatoms. The average molecular weight is 352 g/mol. The largest absolute Gasteiger partial charge is 0.459 e. The van der Waals surface area contributed by atoms with Crippen molar-refractivity contribution in [2.24, 2.45) is 0 Å². The second kappa shape index (κ2) is 7.48. The van der Waals surface area contributed by atoms with Crippen molar-refractivity contribution >= 4 is 35.0 Å². The van der Waals surface area contributed by atoms with Crippen LogP contribution in [0.3, 0.4) is 0 Å². The smallest absolute Gasteiger partial charge is 0.339 e. The molecule has 2 rings (SSSR count). The highest BCUT2D eigenvalue weighted by atomic mass is 35.5. The molecule has 2 aromatic rings. The summed E-state index contributed by atoms with van der Waals surface area (Å²) < 4.78 is 5.17. The minimum Gasteiger partial charge on any atom is -0.459 e. The number of rotatable bonds is 5. The number of esters is 1. The van der Waals surface area contributed by atoms with Gasteiger partial charge in [0.2, 0.25) is 0 Å². The topological polar surface area (TPSA) is 69.4 Å². The Hall–Kier alpha value is -2.05. The molecule has 0 spiro atoms. The zero-order valence-corrected chi connectivity index (χ0v) is 14.1. The monoisotopic (exact) mass is 351 g/mol. The van der Waals surface area contributed by atoms with Crippen LogP contribution in [0.4, 0.5) is 5.69 Å². The van der Waals surface area contributed by atoms with Crippen LogP contribution in [0.15, 0.2) is 52.3 Å². The quantitative estimate of drug-likeness (QED) is 0.432. The van der Waals surface area contributed by atoms with Gasteiger partial charge in [0, 0.05) is 26.9 Å². The number of benzene rings is 2. The summed E-state index contributed by atoms with van der Waals surface area (Å²) in [5, 5.41) is 11.5. The van der Waals surface area contributed by atoms with E-state index < -0.39 is 10.9 Å². The number of nitro groups is 1. The Morgan fingerprint density at radius 3 is 2.43 bits per heavy atom. The van der Waals surface area contributed by atoms with Crippen molar-refractivity contribution < 1.29 is 14.5 Å². The summed E-state index contributed by atoms with van der Waals surface area (Å²) >= 11 is 7.17. The van der Waals surface area contributed by atoms with Crippen LogP contribution in [-0.4, -0.2) is 17.0 Å². The van der Waals surface area contributed by atoms with Crippen molar-refractivity contribution in [1.82, 2.24) is 0 Å². The standard InChI is InChI=1S/C16H14ClNO4S/c1-10(2)22-16(19)14-9-12(18(20)21)5-8-15(14)23-13-6-3-11(17)4-7-13/h3-10H,1-2H3. The molecule has 0 aliphatic carbocycles. The van der Waals surface area contributed by atoms with Crippen LogP contribution in [0.5, 0.6) is 0 Å². The van der Waals surface area contributed by atoms with Crippen molar-refractivity contribution in [3.63, 3.8) is 0 Å². The molecule has 0 aliphatic heterocycles. The van der Waals surface area contributed by atoms with E-state index in [4.69, 9.17) is 16.3 Å². The molecule has 0 radical (unpaired) electrons. The van der Waals surface area contributed by atoms with Gasteiger partial charge in [0.05, 0.1) is 16.6 Å². The number of hydrogen-bond acceptors (Lipinski definition) is 5. The van der Waals surface area contributed by atoms with Gasteiger partial charge in [-0.1, -0.05) is 23.4 Å². The van der Waals surface area contributed by atoms with Crippen LogP contribution < -0.4 is 0 Å². The van der Waals surface area contributed by atoms with Gasteiger partial charge in [0.15, 0.2) is 0 Å². The first-order chi connectivity index (χ1) is 10.9. The second-order valence-corrected chi connectivity index (χ2v) is 6.50. The fourth-order valence-electron chi connectivity index (χ4n) is 1.79. The molecule has 0 saturated heterocycles. The highest BCUT2D eigenvalue weighted by molar-refractivity contribution is 7.99. The maximum Gasteiger partial charge on any atom is 0.339 e. The van der Waals surface area contributed by atoms with Crippen molar-refractivity contribution in [2.45, 2.75) is 29.7 Å². The third-order valence-corrected chi connectivity index (χ3v) is 4.11. The molecular formula is C16H14ClNO4S. The zero-order chi connectivity index (χ0) is 17.0. The Balaban J connectivity index is 2.38. The van der Waals surface area contributed by atoms with Crippen LogP contribution in [0.1, 0.15) is 24.2 Å². The zero-order valence-electron chi connectivity index (χ0n) is 12.5. The molecule has 0 saturated carbocycles. The maximum atomic E-state index is 12.2. The molecule has 23 heavy (non-hydrogen) atoms. The Morgan fingerprint density at radius 2 is 1.87 bits per heavy atom. The lowest BCUT2D eigenvalue weighted by Gasteiger charge is -2.11. The van der Waals surface area contributed by atoms with Crippen LogP contribution in [0, 0.1) is 10.1 Å². The predicted octanol–water partition coefficient (Wildman–Crippen LogP) is 4.96. The van der Waals surface area contributed by atoms with Gasteiger partial charge in [0.1, 0.15) is 0 Å². The maximum absolute atomic E-state index is 12.2. The van der Waals surface area contributed by atoms with E-state index in [1.54, 1.807) is 32.0 Å². The summed E-state index contributed by atoms with van der Waals surface area (Å²) in [5.74, 6) is -0.583. The summed E-state index contributed by atoms with van der Waals surface area (Å²) in [6.07, 6.45) is -0.310. The number of halogens is 1. The number of carbonyl (C=O) groups is 1. The first kappa shape index (κ1) is 17.3. The molecule has 0 heterocycles. The molecule has 0 fully saturated rings. The number of nitro benzene ring substituents is 1. The van der Waals surface area contributed by atoms with E-state index in [1.165, 1.54) is 23.9 Å². The third-order valence-electron chi connectivity index (χ3n) is 2.78. The van der Waals surface area contributed by atoms with Crippen molar-refractivity contribution in [3.8, 4) is 0 Å². The minimum atomic E-state index is -0.583. The summed E-state index contributed by atoms with van der Waals surface area (Å²) in [7, 11) is 0. The molecule has 0 amide bonds. The number of hydrogen-bond donors (Lipinski definition) is 0. The highest BCUT2D eigenvalue weighted by Gasteiger charge is 2.19. The van der Waals surface area contributed by atoms with Crippen molar-refractivity contribution in [2.75, 3.05) is 0 Å². The molecular weight excluding hydrogens is 338 g/mol. The molecule has 2 aromatic carbocycles. The highest BCUT2D eigenvalue weighted by Crippen LogP contribution is 2.33. The van der Waals surface area contributed by atoms with Gasteiger partial charge in [-0.05, 0) is 44.2 Å². The lowest BCUT2D eigenvalue weighted by Crippen LogP contribution is -2.12. The van der Waals surface area contributed by atoms with Gasteiger partial charge in [-0.15, -0.1) is 0 Å². The van der Waals surface area contributed by atoms with Crippen LogP contribution in [0.2, 0.25) is 5.02 Å². The lowest BCUT2D eigenvalue weighted by molar-refractivity contribution is -0.384. The second-order valence-electron chi connectivity index (χ2n) is 4.95. The first-order valence-electron chi connectivity index (χ1n) is 6.79. The molecule has 5 nitrogen and oxygen atoms in total. The van der Waals surface area contributed by atoms with E-state index >= 15 is 0 Å². The van der Waals surface area contributed by atoms with E-state index in [2.05, 4.69) is 0 Å². The molecule has 0 unspecified atom stereocenters. The predicted molar refractivity (Wildman–Crippen MR) is 89.2 cm³/mol. The molecule has 120 valence electrons. The minimum absolute atomic E-state index is 0.152. The van der Waals surface area contributed by atoms with Crippen molar-refractivity contribution in [3.05, 3.63) is 63.2 Å². The Bertz CT molecular complexity index is 731. The van der Waals surface area contributed by atoms with Crippen LogP contribution in [0.25, 0.3) is 0 Å². The fourth-order valence-corrected chi connectivity index (χ4v) is 2.83. The van der Waals surface area contributed by atoms with E-state index in [0.717, 1.165) is 4.90 Å². The van der Waals surface area contributed by atoms with Gasteiger partial charge >= 0.3 is 5.97 Å². The van der Waals surface area contributed by atoms with Gasteiger partial charge in [-0.25, -0.2) is 4.79 Å². The molecule has 0 aromatic heterocycles. The third kappa shape index (κ3) is 4.71. The molecule has 0 bridgehead atoms. The van der Waals surface area contributed by atoms with E-state index in [9.17, 15) is 14.9 Å². The van der Waals surface area contributed by atoms with Gasteiger partial charge in [-0.2, -0.15) is 0 Å². The number of non-ortho nitro benzene ring substituents is 1. The number of nitrogens with zero attached hydrogens (tertiary/aromatic N) is 1. The van der Waals surface area contributed by atoms with Gasteiger partial charge in [-0.3, -0.25) is 10.1 Å². The summed E-state index contributed by atoms with van der Waals surface area (Å²) in [4.78, 5) is 24.1. The van der Waals surface area contributed by atoms with Gasteiger partial charge in [0.25, 0.3) is 5.69 Å². The van der Waals surface area contributed by atoms with E-state index in [1.807, 2.05) is 12.1 Å². The van der Waals surface area contributed by atoms with E-state index in [0.29, 0.717) is 9.92 Å². The summed E-state index contributed by atoms with van der Waals surface area (Å²) in [6.45, 7) is 3.45. The molecule has 0 aliphatic rings. The first-order valence-corrected chi connectivity index (χ1v) is 7.99. The fraction of sp³-hybridized carbons (Fsp3) is 0.188. The number of carbonyl (C=O) groups excluding carboxylic acids is 1. The molecule has 0 atom stereocenters. The van der Waals surface area contributed by atoms with Crippen molar-refractivity contribution in [1.29, 1.82) is 0 Å². The summed E-state index contributed by atoms with van der Waals surface area (Å²) in [5.41, 5.74) is 0.0222. The van der Waals surface area contributed by atoms with Gasteiger partial charge < -0.3 is 4.74 Å². The summed E-state index contributed by atoms with van der Waals surface area (Å²) in [6, 6.07) is 11.3. The van der Waals surface area contributed by atoms with Crippen LogP contribution >= 0.6 is 23.4 Å². The number of ether oxygens (including phenoxy) is 1. The van der Waals surface area contributed by atoms with E-state index in [-0.39, 0.29) is 17.4 Å². The Kier molecular flexibility index (Phi) is 5.63. The van der Waals surface area contributed by atoms with Crippen LogP contribution in [-0.2, 0) is 4.74 Å². The lowest BCUT2D eigenvalue weighted by atomic mass is 10.2. The molecule has 0 N–H and O–H groups in total. The Labute approximate surface area is 142 Å². The Morgan fingerprint density at radius 1 is 1.22 bits per heavy atom.